The summed E-state index contributed by atoms with van der Waals surface area (Å²) in [5.41, 5.74) is 0. The van der Waals surface area contributed by atoms with Gasteiger partial charge < -0.3 is 22.0 Å². The van der Waals surface area contributed by atoms with Crippen LogP contribution in [0.4, 0.5) is 0 Å². The molecule has 0 bridgehead atoms. The van der Waals surface area contributed by atoms with Gasteiger partial charge in [0.25, 0.3) is 0 Å². The van der Waals surface area contributed by atoms with Crippen molar-refractivity contribution in [2.75, 3.05) is 0 Å². The van der Waals surface area contributed by atoms with Crippen molar-refractivity contribution in [2.45, 2.75) is 0 Å². The van der Waals surface area contributed by atoms with Gasteiger partial charge in [0.2, 0.25) is 0 Å². The Morgan fingerprint density at radius 3 is 1.00 bits per heavy atom. The Kier molecular flexibility index (Phi) is 27.4. The quantitative estimate of drug-likeness (QED) is 0.324. The molecular weight excluding hydrogens is 364 g/mol. The first-order valence-corrected chi connectivity index (χ1v) is 2.68. The third-order valence-corrected chi connectivity index (χ3v) is 0. The molecule has 0 fully saturated rings. The summed E-state index contributed by atoms with van der Waals surface area (Å²) in [6.07, 6.45) is 0. The van der Waals surface area contributed by atoms with E-state index < -0.39 is 9.05 Å². The van der Waals surface area contributed by atoms with Crippen LogP contribution in [0.2, 0.25) is 0 Å². The van der Waals surface area contributed by atoms with Gasteiger partial charge in [-0.1, -0.05) is 0 Å². The minimum absolute atomic E-state index is 0. The predicted octanol–water partition coefficient (Wildman–Crippen LogP) is -4.33. The largest absolute Gasteiger partial charge is 2.00 e. The first-order chi connectivity index (χ1) is 2.00. The van der Waals surface area contributed by atoms with Crippen LogP contribution in [0.15, 0.2) is 0 Å². The molecule has 4 N–H and O–H groups in total. The average molecular weight is 373 g/mol. The fourth-order valence-corrected chi connectivity index (χ4v) is 0. The fourth-order valence-electron chi connectivity index (χ4n) is 0. The van der Waals surface area contributed by atoms with Crippen molar-refractivity contribution in [3.8, 4) is 0 Å². The van der Waals surface area contributed by atoms with E-state index in [1.165, 1.54) is 0 Å². The number of hydrogen-bond acceptors (Lipinski definition) is 4. The van der Waals surface area contributed by atoms with Crippen LogP contribution >= 0.6 is 0 Å². The van der Waals surface area contributed by atoms with Crippen molar-refractivity contribution in [1.82, 2.24) is 0 Å². The molecule has 8 heavy (non-hydrogen) atoms. The third-order valence-electron chi connectivity index (χ3n) is 0. The van der Waals surface area contributed by atoms with Crippen molar-refractivity contribution in [3.63, 3.8) is 0 Å². The molecule has 0 saturated carbocycles. The van der Waals surface area contributed by atoms with Gasteiger partial charge in [-0.25, -0.2) is 0 Å². The molecule has 8 heteroatoms. The van der Waals surface area contributed by atoms with E-state index in [1.807, 2.05) is 0 Å². The van der Waals surface area contributed by atoms with Crippen molar-refractivity contribution in [1.29, 1.82) is 0 Å². The molecule has 45 valence electrons. The van der Waals surface area contributed by atoms with Crippen molar-refractivity contribution < 1.29 is 22.0 Å². The molecular formula is H9AlCaO4SiTl. The first kappa shape index (κ1) is 22.4. The Labute approximate surface area is 112 Å². The maximum Gasteiger partial charge on any atom is 2.00 e. The topological polar surface area (TPSA) is 80.9 Å². The van der Waals surface area contributed by atoms with E-state index in [4.69, 9.17) is 19.2 Å². The van der Waals surface area contributed by atoms with Gasteiger partial charge in [-0.05, 0) is 0 Å². The molecule has 0 aliphatic heterocycles. The van der Waals surface area contributed by atoms with Gasteiger partial charge >= 0.3 is 46.8 Å². The zero-order valence-corrected chi connectivity index (χ0v) is 11.3. The summed E-state index contributed by atoms with van der Waals surface area (Å²) < 4.78 is 0. The molecule has 0 aromatic heterocycles. The van der Waals surface area contributed by atoms with Crippen molar-refractivity contribution >= 4 is 91.4 Å². The van der Waals surface area contributed by atoms with Gasteiger partial charge in [0.15, 0.2) is 17.4 Å². The molecule has 0 rings (SSSR count). The zero-order valence-electron chi connectivity index (χ0n) is 5.57. The summed E-state index contributed by atoms with van der Waals surface area (Å²) in [6, 6.07) is 0. The van der Waals surface area contributed by atoms with Gasteiger partial charge in [0, 0.05) is 27.3 Å². The second-order valence-corrected chi connectivity index (χ2v) is 1.80. The Morgan fingerprint density at radius 2 is 1.00 bits per heavy atom. The average Bonchev–Trinajstić information content (AvgIpc) is 0.722. The molecule has 4 nitrogen and oxygen atoms in total. The molecule has 0 aromatic carbocycles. The van der Waals surface area contributed by atoms with Gasteiger partial charge in [-0.15, -0.1) is 0 Å². The van der Waals surface area contributed by atoms with E-state index >= 15 is 0 Å². The Bertz CT molecular complexity index is 38.7. The Hall–Kier alpha value is 2.77. The minimum atomic E-state index is -4.61. The zero-order chi connectivity index (χ0) is 4.50. The standard InChI is InChI=1S/Al.Ca.H4O4Si.Tl.5H/c;;1-5(2,3)4;;;;;;/h;;1-4H;;;;;;/q;+2;;;;;;2*-1. The van der Waals surface area contributed by atoms with E-state index in [0.29, 0.717) is 0 Å². The smallest absolute Gasteiger partial charge is 1.00 e. The van der Waals surface area contributed by atoms with Crippen LogP contribution in [0.25, 0.3) is 0 Å². The van der Waals surface area contributed by atoms with E-state index in [2.05, 4.69) is 0 Å². The van der Waals surface area contributed by atoms with Crippen LogP contribution in [0.3, 0.4) is 0 Å². The summed E-state index contributed by atoms with van der Waals surface area (Å²) >= 11 is 0. The first-order valence-electron chi connectivity index (χ1n) is 0.894. The summed E-state index contributed by atoms with van der Waals surface area (Å²) in [6.45, 7) is 0. The van der Waals surface area contributed by atoms with Crippen LogP contribution in [-0.4, -0.2) is 111 Å². The summed E-state index contributed by atoms with van der Waals surface area (Å²) in [5.74, 6) is 0. The molecule has 0 saturated heterocycles. The second kappa shape index (κ2) is 9.77. The third kappa shape index (κ3) is 69.0. The van der Waals surface area contributed by atoms with Crippen molar-refractivity contribution in [3.05, 3.63) is 0 Å². The van der Waals surface area contributed by atoms with Gasteiger partial charge in [0.1, 0.15) is 0 Å². The van der Waals surface area contributed by atoms with Gasteiger partial charge in [0.05, 0.1) is 0 Å². The van der Waals surface area contributed by atoms with E-state index in [0.717, 1.165) is 0 Å². The maximum absolute atomic E-state index is 7.33. The van der Waals surface area contributed by atoms with Crippen LogP contribution < -0.4 is 0 Å². The molecule has 0 heterocycles. The van der Waals surface area contributed by atoms with E-state index in [9.17, 15) is 0 Å². The molecule has 0 amide bonds. The fraction of sp³-hybridized carbons (Fsp3) is 0. The molecule has 0 aliphatic carbocycles. The molecule has 0 unspecified atom stereocenters. The molecule has 0 spiro atoms. The van der Waals surface area contributed by atoms with Crippen LogP contribution in [-0.2, 0) is 0 Å². The van der Waals surface area contributed by atoms with Crippen LogP contribution in [0, 0.1) is 0 Å². The van der Waals surface area contributed by atoms with Gasteiger partial charge in [-0.3, -0.25) is 0 Å². The Morgan fingerprint density at radius 1 is 1.00 bits per heavy atom. The van der Waals surface area contributed by atoms with Gasteiger partial charge in [-0.2, -0.15) is 0 Å². The second-order valence-electron chi connectivity index (χ2n) is 0.600. The number of hydrogen-bond donors (Lipinski definition) is 4. The minimum Gasteiger partial charge on any atom is -1.00 e. The summed E-state index contributed by atoms with van der Waals surface area (Å²) in [4.78, 5) is 29.3. The molecule has 0 atom stereocenters. The summed E-state index contributed by atoms with van der Waals surface area (Å²) in [7, 11) is -4.61. The van der Waals surface area contributed by atoms with Crippen molar-refractivity contribution in [2.24, 2.45) is 0 Å². The normalized spacial score (nSPS) is 7.50. The monoisotopic (exact) mass is 373 g/mol. The predicted molar refractivity (Wildman–Crippen MR) is 38.3 cm³/mol. The molecule has 1 radical (unpaired) electrons. The van der Waals surface area contributed by atoms with Crippen LogP contribution in [0.1, 0.15) is 2.85 Å². The Balaban J connectivity index is -0.00000000800. The van der Waals surface area contributed by atoms with Crippen LogP contribution in [0.5, 0.6) is 0 Å². The molecule has 0 aliphatic rings. The van der Waals surface area contributed by atoms with E-state index in [-0.39, 0.29) is 85.3 Å². The van der Waals surface area contributed by atoms with E-state index in [1.54, 1.807) is 0 Å². The maximum atomic E-state index is 7.33. The SMILES string of the molecule is O[Si](O)(O)O.[AlH3].[Ca+2].[H-].[H-].[Tl]. The summed E-state index contributed by atoms with van der Waals surface area (Å²) in [5, 5.41) is 0. The number of rotatable bonds is 0. The molecule has 0 aromatic rings.